The summed E-state index contributed by atoms with van der Waals surface area (Å²) >= 11 is -0.346. The van der Waals surface area contributed by atoms with Crippen LogP contribution in [0.1, 0.15) is 19.8 Å². The third-order valence-corrected chi connectivity index (χ3v) is 5.94. The Kier molecular flexibility index (Phi) is 13.8. The van der Waals surface area contributed by atoms with Gasteiger partial charge in [0.1, 0.15) is 0 Å². The molecule has 0 unspecified atom stereocenters. The Morgan fingerprint density at radius 3 is 1.57 bits per heavy atom. The monoisotopic (exact) mass is 430 g/mol. The van der Waals surface area contributed by atoms with Gasteiger partial charge in [-0.3, -0.25) is 0 Å². The first-order valence-corrected chi connectivity index (χ1v) is 12.8. The molecule has 0 nitrogen and oxygen atoms in total. The molecule has 0 radical (unpaired) electrons. The van der Waals surface area contributed by atoms with Crippen molar-refractivity contribution in [2.24, 2.45) is 0 Å². The van der Waals surface area contributed by atoms with Crippen LogP contribution in [0.4, 0.5) is 0 Å². The van der Waals surface area contributed by atoms with Gasteiger partial charge in [0.25, 0.3) is 0 Å². The molecule has 0 bridgehead atoms. The standard InChI is InChI=1S/C16H19P.CH3.2ClH.Ru/c1-2-3-14-17(15-10-6-4-7-11-15)16-12-8-5-9-13-16;;;;/h4-13H,2-3,14H2,1H3;1H3;2*1H;/q;-1;;;+2/p-1. The number of halogens is 2. The second-order valence-electron chi connectivity index (χ2n) is 4.36. The van der Waals surface area contributed by atoms with E-state index in [0.29, 0.717) is 0 Å². The van der Waals surface area contributed by atoms with Gasteiger partial charge in [-0.25, -0.2) is 0 Å². The minimum absolute atomic E-state index is 0. The van der Waals surface area contributed by atoms with Gasteiger partial charge in [-0.05, 0) is 30.7 Å². The van der Waals surface area contributed by atoms with Crippen LogP contribution in [0.5, 0.6) is 0 Å². The second-order valence-corrected chi connectivity index (χ2v) is 9.62. The number of hydrogen-bond donors (Lipinski definition) is 0. The summed E-state index contributed by atoms with van der Waals surface area (Å²) in [7, 11) is 9.15. The van der Waals surface area contributed by atoms with Crippen LogP contribution in [0.25, 0.3) is 0 Å². The third kappa shape index (κ3) is 8.32. The zero-order chi connectivity index (χ0) is 14.6. The minimum atomic E-state index is -0.562. The van der Waals surface area contributed by atoms with Crippen molar-refractivity contribution in [3.8, 4) is 0 Å². The summed E-state index contributed by atoms with van der Waals surface area (Å²) in [5.41, 5.74) is 0. The van der Waals surface area contributed by atoms with E-state index in [2.05, 4.69) is 67.6 Å². The topological polar surface area (TPSA) is 0 Å². The Labute approximate surface area is 146 Å². The number of benzene rings is 2. The summed E-state index contributed by atoms with van der Waals surface area (Å²) in [6.07, 6.45) is 3.96. The predicted octanol–water partition coefficient (Wildman–Crippen LogP) is 5.48. The second kappa shape index (κ2) is 13.7. The predicted molar refractivity (Wildman–Crippen MR) is 98.4 cm³/mol. The Morgan fingerprint density at radius 1 is 0.857 bits per heavy atom. The van der Waals surface area contributed by atoms with Gasteiger partial charge < -0.3 is 7.43 Å². The number of rotatable bonds is 5. The molecular weight excluding hydrogens is 407 g/mol. The van der Waals surface area contributed by atoms with Crippen LogP contribution >= 0.6 is 27.3 Å². The van der Waals surface area contributed by atoms with E-state index in [-0.39, 0.29) is 22.6 Å². The van der Waals surface area contributed by atoms with E-state index in [9.17, 15) is 0 Å². The van der Waals surface area contributed by atoms with E-state index in [0.717, 1.165) is 0 Å². The van der Waals surface area contributed by atoms with E-state index in [1.807, 2.05) is 0 Å². The average molecular weight is 430 g/mol. The Bertz CT molecular complexity index is 411. The fraction of sp³-hybridized carbons (Fsp3) is 0.235. The Hall–Kier alpha value is 0.0734. The molecule has 118 valence electrons. The number of hydrogen-bond acceptors (Lipinski definition) is 0. The van der Waals surface area contributed by atoms with E-state index < -0.39 is 7.92 Å². The van der Waals surface area contributed by atoms with Gasteiger partial charge >= 0.3 is 34.5 Å². The zero-order valence-electron chi connectivity index (χ0n) is 12.5. The van der Waals surface area contributed by atoms with Crippen LogP contribution in [0, 0.1) is 7.43 Å². The average Bonchev–Trinajstić information content (AvgIpc) is 2.51. The molecule has 0 aliphatic heterocycles. The molecule has 0 heterocycles. The molecule has 0 atom stereocenters. The maximum absolute atomic E-state index is 4.85. The molecule has 4 heteroatoms. The summed E-state index contributed by atoms with van der Waals surface area (Å²) in [4.78, 5) is 0. The molecule has 0 spiro atoms. The summed E-state index contributed by atoms with van der Waals surface area (Å²) in [5.74, 6) is 0. The first-order valence-electron chi connectivity index (χ1n) is 6.65. The first-order chi connectivity index (χ1) is 9.83. The van der Waals surface area contributed by atoms with Crippen molar-refractivity contribution in [3.05, 3.63) is 68.1 Å². The van der Waals surface area contributed by atoms with E-state index in [1.165, 1.54) is 29.6 Å². The van der Waals surface area contributed by atoms with Gasteiger partial charge in [0.05, 0.1) is 24.7 Å². The molecule has 2 rings (SSSR count). The molecular formula is C17H23Cl2PRu. The van der Waals surface area contributed by atoms with Gasteiger partial charge in [0, 0.05) is 0 Å². The van der Waals surface area contributed by atoms with Gasteiger partial charge in [-0.15, -0.1) is 0 Å². The summed E-state index contributed by atoms with van der Waals surface area (Å²) in [6, 6.07) is 22.0. The van der Waals surface area contributed by atoms with Crippen molar-refractivity contribution in [2.45, 2.75) is 19.8 Å². The molecule has 2 aromatic carbocycles. The fourth-order valence-corrected chi connectivity index (χ4v) is 4.89. The summed E-state index contributed by atoms with van der Waals surface area (Å²) in [5, 5.41) is 3.08. The first kappa shape index (κ1) is 21.1. The molecule has 0 saturated carbocycles. The maximum atomic E-state index is 4.85. The number of unbranched alkanes of at least 4 members (excludes halogenated alkanes) is 1. The third-order valence-electron chi connectivity index (χ3n) is 3.02. The van der Waals surface area contributed by atoms with Crippen molar-refractivity contribution in [1.29, 1.82) is 0 Å². The van der Waals surface area contributed by atoms with Gasteiger partial charge in [0.15, 0.2) is 0 Å². The molecule has 2 aromatic rings. The Balaban J connectivity index is 0.000000922. The molecule has 0 saturated heterocycles. The van der Waals surface area contributed by atoms with E-state index >= 15 is 0 Å². The summed E-state index contributed by atoms with van der Waals surface area (Å²) < 4.78 is 0. The van der Waals surface area contributed by atoms with Crippen LogP contribution in [0.2, 0.25) is 0 Å². The molecule has 0 fully saturated rings. The molecule has 0 aliphatic carbocycles. The summed E-state index contributed by atoms with van der Waals surface area (Å²) in [6.45, 7) is 2.27. The van der Waals surface area contributed by atoms with Gasteiger partial charge in [0.2, 0.25) is 0 Å². The quantitative estimate of drug-likeness (QED) is 0.335. The van der Waals surface area contributed by atoms with Crippen molar-refractivity contribution >= 4 is 37.9 Å². The van der Waals surface area contributed by atoms with E-state index in [1.54, 1.807) is 0 Å². The Morgan fingerprint density at radius 2 is 1.24 bits per heavy atom. The van der Waals surface area contributed by atoms with Crippen molar-refractivity contribution in [2.75, 3.05) is 6.16 Å². The van der Waals surface area contributed by atoms with Crippen LogP contribution in [0.15, 0.2) is 60.7 Å². The van der Waals surface area contributed by atoms with Crippen LogP contribution in [-0.4, -0.2) is 6.16 Å². The molecule has 0 aliphatic rings. The van der Waals surface area contributed by atoms with E-state index in [4.69, 9.17) is 19.4 Å². The van der Waals surface area contributed by atoms with Crippen LogP contribution in [-0.2, 0) is 15.1 Å². The molecule has 0 N–H and O–H groups in total. The zero-order valence-corrected chi connectivity index (χ0v) is 16.8. The normalized spacial score (nSPS) is 9.71. The van der Waals surface area contributed by atoms with Crippen molar-refractivity contribution < 1.29 is 15.1 Å². The van der Waals surface area contributed by atoms with Gasteiger partial charge in [-0.1, -0.05) is 49.7 Å². The van der Waals surface area contributed by atoms with Crippen LogP contribution < -0.4 is 10.6 Å². The molecule has 0 amide bonds. The van der Waals surface area contributed by atoms with Crippen LogP contribution in [0.3, 0.4) is 0 Å². The van der Waals surface area contributed by atoms with Crippen molar-refractivity contribution in [3.63, 3.8) is 0 Å². The van der Waals surface area contributed by atoms with Gasteiger partial charge in [-0.2, -0.15) is 0 Å². The SMILES string of the molecule is CCCC[PH+](c1ccccc1)c1ccccc1.[CH3-].[Cl][Ru][Cl]. The molecule has 21 heavy (non-hydrogen) atoms. The molecule has 0 aromatic heterocycles. The fourth-order valence-electron chi connectivity index (χ4n) is 2.09. The van der Waals surface area contributed by atoms with Crippen molar-refractivity contribution in [1.82, 2.24) is 0 Å².